The van der Waals surface area contributed by atoms with Gasteiger partial charge in [0, 0.05) is 11.8 Å². The predicted octanol–water partition coefficient (Wildman–Crippen LogP) is 0.665. The van der Waals surface area contributed by atoms with Crippen molar-refractivity contribution in [3.8, 4) is 12.3 Å². The first-order valence-corrected chi connectivity index (χ1v) is 5.40. The van der Waals surface area contributed by atoms with Crippen LogP contribution >= 0.6 is 11.8 Å². The molecule has 0 unspecified atom stereocenters. The van der Waals surface area contributed by atoms with Crippen LogP contribution in [0.3, 0.4) is 0 Å². The topological polar surface area (TPSA) is 50.4 Å². The maximum Gasteiger partial charge on any atom is 0.188 e. The molecule has 0 aromatic carbocycles. The van der Waals surface area contributed by atoms with Crippen LogP contribution in [0.4, 0.5) is 0 Å². The molecule has 4 heteroatoms. The van der Waals surface area contributed by atoms with E-state index in [1.165, 1.54) is 0 Å². The number of thioether (sulfide) groups is 1. The van der Waals surface area contributed by atoms with Crippen molar-refractivity contribution in [3.63, 3.8) is 0 Å². The van der Waals surface area contributed by atoms with Gasteiger partial charge in [-0.05, 0) is 13.8 Å². The van der Waals surface area contributed by atoms with Crippen molar-refractivity contribution < 1.29 is 0 Å². The molecule has 0 saturated carbocycles. The summed E-state index contributed by atoms with van der Waals surface area (Å²) in [5, 5.41) is 3.01. The SMILES string of the molecule is C#CCSCCN=C(N)NC(C)C. The minimum absolute atomic E-state index is 0.335. The zero-order valence-corrected chi connectivity index (χ0v) is 9.03. The highest BCUT2D eigenvalue weighted by Gasteiger charge is 1.93. The quantitative estimate of drug-likeness (QED) is 0.296. The van der Waals surface area contributed by atoms with Crippen LogP contribution < -0.4 is 11.1 Å². The second-order valence-corrected chi connectivity index (χ2v) is 3.93. The van der Waals surface area contributed by atoms with Crippen molar-refractivity contribution in [2.75, 3.05) is 18.1 Å². The van der Waals surface area contributed by atoms with Crippen LogP contribution in [0.25, 0.3) is 0 Å². The summed E-state index contributed by atoms with van der Waals surface area (Å²) in [7, 11) is 0. The van der Waals surface area contributed by atoms with Gasteiger partial charge in [-0.25, -0.2) is 0 Å². The van der Waals surface area contributed by atoms with Gasteiger partial charge in [0.2, 0.25) is 0 Å². The number of nitrogens with zero attached hydrogens (tertiary/aromatic N) is 1. The lowest BCUT2D eigenvalue weighted by Gasteiger charge is -2.07. The van der Waals surface area contributed by atoms with Gasteiger partial charge in [0.05, 0.1) is 12.3 Å². The van der Waals surface area contributed by atoms with Gasteiger partial charge in [-0.3, -0.25) is 4.99 Å². The van der Waals surface area contributed by atoms with Crippen LogP contribution in [0.1, 0.15) is 13.8 Å². The Morgan fingerprint density at radius 3 is 2.92 bits per heavy atom. The standard InChI is InChI=1S/C9H17N3S/c1-4-6-13-7-5-11-9(10)12-8(2)3/h1,8H,5-7H2,2-3H3,(H3,10,11,12). The summed E-state index contributed by atoms with van der Waals surface area (Å²) in [6.45, 7) is 4.77. The van der Waals surface area contributed by atoms with Gasteiger partial charge in [-0.2, -0.15) is 0 Å². The molecule has 3 N–H and O–H groups in total. The van der Waals surface area contributed by atoms with Crippen molar-refractivity contribution in [1.29, 1.82) is 0 Å². The van der Waals surface area contributed by atoms with Crippen molar-refractivity contribution in [2.45, 2.75) is 19.9 Å². The van der Waals surface area contributed by atoms with Gasteiger partial charge >= 0.3 is 0 Å². The zero-order valence-electron chi connectivity index (χ0n) is 8.21. The molecule has 3 nitrogen and oxygen atoms in total. The molecule has 0 aromatic rings. The first kappa shape index (κ1) is 12.2. The number of aliphatic imine (C=N–C) groups is 1. The van der Waals surface area contributed by atoms with Crippen LogP contribution in [0, 0.1) is 12.3 Å². The maximum atomic E-state index is 5.58. The fourth-order valence-electron chi connectivity index (χ4n) is 0.703. The molecule has 0 radical (unpaired) electrons. The van der Waals surface area contributed by atoms with Crippen LogP contribution in [-0.2, 0) is 0 Å². The number of nitrogens with two attached hydrogens (primary N) is 1. The first-order chi connectivity index (χ1) is 6.16. The van der Waals surface area contributed by atoms with E-state index in [0.29, 0.717) is 12.0 Å². The number of hydrogen-bond acceptors (Lipinski definition) is 2. The summed E-state index contributed by atoms with van der Waals surface area (Å²) in [5.74, 6) is 4.73. The molecule has 0 rings (SSSR count). The summed E-state index contributed by atoms with van der Waals surface area (Å²) in [6, 6.07) is 0.335. The van der Waals surface area contributed by atoms with Crippen LogP contribution in [-0.4, -0.2) is 30.1 Å². The van der Waals surface area contributed by atoms with E-state index in [-0.39, 0.29) is 0 Å². The summed E-state index contributed by atoms with van der Waals surface area (Å²) < 4.78 is 0. The summed E-state index contributed by atoms with van der Waals surface area (Å²) >= 11 is 1.69. The molecule has 0 saturated heterocycles. The Morgan fingerprint density at radius 2 is 2.38 bits per heavy atom. The first-order valence-electron chi connectivity index (χ1n) is 4.24. The summed E-state index contributed by atoms with van der Waals surface area (Å²) in [6.07, 6.45) is 5.09. The lowest BCUT2D eigenvalue weighted by atomic mass is 10.4. The highest BCUT2D eigenvalue weighted by atomic mass is 32.2. The largest absolute Gasteiger partial charge is 0.370 e. The second kappa shape index (κ2) is 7.81. The molecule has 0 amide bonds. The number of hydrogen-bond donors (Lipinski definition) is 2. The Morgan fingerprint density at radius 1 is 1.69 bits per heavy atom. The van der Waals surface area contributed by atoms with Gasteiger partial charge in [0.15, 0.2) is 5.96 Å². The Hall–Kier alpha value is -0.820. The molecule has 0 aliphatic carbocycles. The summed E-state index contributed by atoms with van der Waals surface area (Å²) in [5.41, 5.74) is 5.58. The molecule has 0 spiro atoms. The molecular formula is C9H17N3S. The van der Waals surface area contributed by atoms with Crippen LogP contribution in [0.5, 0.6) is 0 Å². The fraction of sp³-hybridized carbons (Fsp3) is 0.667. The fourth-order valence-corrected chi connectivity index (χ4v) is 1.19. The smallest absolute Gasteiger partial charge is 0.188 e. The number of nitrogens with one attached hydrogen (secondary N) is 1. The Labute approximate surface area is 84.6 Å². The molecule has 74 valence electrons. The van der Waals surface area contributed by atoms with Gasteiger partial charge in [0.1, 0.15) is 0 Å². The van der Waals surface area contributed by atoms with E-state index in [4.69, 9.17) is 12.2 Å². The van der Waals surface area contributed by atoms with E-state index < -0.39 is 0 Å². The van der Waals surface area contributed by atoms with Gasteiger partial charge in [0.25, 0.3) is 0 Å². The summed E-state index contributed by atoms with van der Waals surface area (Å²) in [4.78, 5) is 4.13. The van der Waals surface area contributed by atoms with Gasteiger partial charge in [-0.15, -0.1) is 18.2 Å². The van der Waals surface area contributed by atoms with E-state index in [1.54, 1.807) is 11.8 Å². The minimum atomic E-state index is 0.335. The van der Waals surface area contributed by atoms with E-state index >= 15 is 0 Å². The second-order valence-electron chi connectivity index (χ2n) is 2.82. The normalized spacial score (nSPS) is 11.4. The Balaban J connectivity index is 3.43. The maximum absolute atomic E-state index is 5.58. The third-order valence-corrected chi connectivity index (χ3v) is 1.98. The third-order valence-electron chi connectivity index (χ3n) is 1.14. The Kier molecular flexibility index (Phi) is 7.32. The van der Waals surface area contributed by atoms with E-state index in [0.717, 1.165) is 18.1 Å². The third kappa shape index (κ3) is 9.09. The lowest BCUT2D eigenvalue weighted by Crippen LogP contribution is -2.36. The van der Waals surface area contributed by atoms with Crippen LogP contribution in [0.15, 0.2) is 4.99 Å². The lowest BCUT2D eigenvalue weighted by molar-refractivity contribution is 0.725. The number of terminal acetylenes is 1. The van der Waals surface area contributed by atoms with Crippen LogP contribution in [0.2, 0.25) is 0 Å². The van der Waals surface area contributed by atoms with Gasteiger partial charge < -0.3 is 11.1 Å². The highest BCUT2D eigenvalue weighted by molar-refractivity contribution is 7.99. The zero-order chi connectivity index (χ0) is 10.1. The van der Waals surface area contributed by atoms with Crippen molar-refractivity contribution >= 4 is 17.7 Å². The molecule has 0 bridgehead atoms. The molecule has 0 atom stereocenters. The molecule has 0 aromatic heterocycles. The van der Waals surface area contributed by atoms with Crippen molar-refractivity contribution in [3.05, 3.63) is 0 Å². The molecule has 0 aliphatic heterocycles. The van der Waals surface area contributed by atoms with E-state index in [1.807, 2.05) is 13.8 Å². The molecule has 13 heavy (non-hydrogen) atoms. The minimum Gasteiger partial charge on any atom is -0.370 e. The van der Waals surface area contributed by atoms with E-state index in [2.05, 4.69) is 16.2 Å². The Bertz CT molecular complexity index is 194. The predicted molar refractivity (Wildman–Crippen MR) is 60.9 cm³/mol. The highest BCUT2D eigenvalue weighted by Crippen LogP contribution is 1.96. The molecular weight excluding hydrogens is 182 g/mol. The average Bonchev–Trinajstić information content (AvgIpc) is 2.02. The van der Waals surface area contributed by atoms with E-state index in [9.17, 15) is 0 Å². The number of guanidine groups is 1. The van der Waals surface area contributed by atoms with Gasteiger partial charge in [-0.1, -0.05) is 5.92 Å². The van der Waals surface area contributed by atoms with Crippen molar-refractivity contribution in [2.24, 2.45) is 10.7 Å². The molecule has 0 fully saturated rings. The van der Waals surface area contributed by atoms with Crippen molar-refractivity contribution in [1.82, 2.24) is 5.32 Å². The number of rotatable bonds is 5. The monoisotopic (exact) mass is 199 g/mol. The molecule has 0 aliphatic rings. The molecule has 0 heterocycles. The average molecular weight is 199 g/mol.